The maximum Gasteiger partial charge on any atom is 0.119 e. The predicted octanol–water partition coefficient (Wildman–Crippen LogP) is 2.54. The van der Waals surface area contributed by atoms with Crippen LogP contribution >= 0.6 is 0 Å². The van der Waals surface area contributed by atoms with E-state index in [0.29, 0.717) is 0 Å². The quantitative estimate of drug-likeness (QED) is 0.906. The summed E-state index contributed by atoms with van der Waals surface area (Å²) in [5.74, 6) is 0.833. The second-order valence-electron chi connectivity index (χ2n) is 6.04. The average molecular weight is 293 g/mol. The van der Waals surface area contributed by atoms with Gasteiger partial charge in [0.2, 0.25) is 0 Å². The average Bonchev–Trinajstić information content (AvgIpc) is 2.43. The molecule has 0 amide bonds. The maximum atomic E-state index is 10.4. The second kappa shape index (κ2) is 7.25. The largest absolute Gasteiger partial charge is 0.497 e. The number of hydrogen-bond acceptors (Lipinski definition) is 4. The molecule has 1 heterocycles. The zero-order valence-corrected chi connectivity index (χ0v) is 13.5. The highest BCUT2D eigenvalue weighted by molar-refractivity contribution is 5.36. The molecule has 3 atom stereocenters. The van der Waals surface area contributed by atoms with Gasteiger partial charge in [-0.15, -0.1) is 0 Å². The number of aliphatic hydroxyl groups is 1. The van der Waals surface area contributed by atoms with Gasteiger partial charge in [-0.1, -0.05) is 6.07 Å². The third-order valence-electron chi connectivity index (χ3n) is 4.05. The van der Waals surface area contributed by atoms with Gasteiger partial charge in [0.05, 0.1) is 25.4 Å². The molecule has 1 aromatic rings. The molecule has 4 heteroatoms. The zero-order valence-electron chi connectivity index (χ0n) is 13.5. The van der Waals surface area contributed by atoms with Crippen molar-refractivity contribution < 1.29 is 14.6 Å². The van der Waals surface area contributed by atoms with Crippen LogP contribution < -0.4 is 4.74 Å². The number of ether oxygens (including phenoxy) is 2. The number of aliphatic hydroxyl groups excluding tert-OH is 1. The van der Waals surface area contributed by atoms with E-state index in [9.17, 15) is 5.11 Å². The van der Waals surface area contributed by atoms with Gasteiger partial charge in [-0.25, -0.2) is 0 Å². The fourth-order valence-electron chi connectivity index (χ4n) is 3.08. The van der Waals surface area contributed by atoms with Crippen LogP contribution in [0.4, 0.5) is 0 Å². The Morgan fingerprint density at radius 1 is 1.33 bits per heavy atom. The first-order valence-electron chi connectivity index (χ1n) is 7.70. The second-order valence-corrected chi connectivity index (χ2v) is 6.04. The van der Waals surface area contributed by atoms with Crippen LogP contribution in [0.5, 0.6) is 5.75 Å². The van der Waals surface area contributed by atoms with Gasteiger partial charge >= 0.3 is 0 Å². The van der Waals surface area contributed by atoms with Crippen molar-refractivity contribution in [1.29, 1.82) is 0 Å². The summed E-state index contributed by atoms with van der Waals surface area (Å²) in [6.07, 6.45) is 0.860. The topological polar surface area (TPSA) is 41.9 Å². The molecule has 118 valence electrons. The van der Waals surface area contributed by atoms with Gasteiger partial charge in [0.15, 0.2) is 0 Å². The van der Waals surface area contributed by atoms with E-state index in [1.807, 2.05) is 25.1 Å². The summed E-state index contributed by atoms with van der Waals surface area (Å²) in [5, 5.41) is 10.4. The van der Waals surface area contributed by atoms with Crippen molar-refractivity contribution in [3.05, 3.63) is 29.3 Å². The standard InChI is InChI=1S/C17H27NO3/c1-12-9-15(20-4)5-6-16(12)17(19)7-8-18-10-13(2)21-14(3)11-18/h5-6,9,13-14,17,19H,7-8,10-11H2,1-4H3. The predicted molar refractivity (Wildman–Crippen MR) is 83.8 cm³/mol. The lowest BCUT2D eigenvalue weighted by atomic mass is 10.0. The molecule has 1 fully saturated rings. The minimum absolute atomic E-state index is 0.272. The van der Waals surface area contributed by atoms with Crippen LogP contribution in [0.1, 0.15) is 37.5 Å². The minimum Gasteiger partial charge on any atom is -0.497 e. The summed E-state index contributed by atoms with van der Waals surface area (Å²) in [4.78, 5) is 2.38. The lowest BCUT2D eigenvalue weighted by molar-refractivity contribution is -0.0703. The van der Waals surface area contributed by atoms with E-state index in [2.05, 4.69) is 18.7 Å². The minimum atomic E-state index is -0.427. The first-order chi connectivity index (χ1) is 9.99. The molecule has 0 aliphatic carbocycles. The molecular weight excluding hydrogens is 266 g/mol. The van der Waals surface area contributed by atoms with Crippen LogP contribution in [-0.4, -0.2) is 49.0 Å². The molecule has 0 bridgehead atoms. The number of aryl methyl sites for hydroxylation is 1. The molecule has 21 heavy (non-hydrogen) atoms. The first kappa shape index (κ1) is 16.3. The van der Waals surface area contributed by atoms with E-state index < -0.39 is 6.10 Å². The molecular formula is C17H27NO3. The highest BCUT2D eigenvalue weighted by Gasteiger charge is 2.22. The molecule has 0 saturated carbocycles. The van der Waals surface area contributed by atoms with Gasteiger partial charge in [-0.2, -0.15) is 0 Å². The third-order valence-corrected chi connectivity index (χ3v) is 4.05. The van der Waals surface area contributed by atoms with Gasteiger partial charge in [0, 0.05) is 19.6 Å². The maximum absolute atomic E-state index is 10.4. The number of nitrogens with zero attached hydrogens (tertiary/aromatic N) is 1. The summed E-state index contributed by atoms with van der Waals surface area (Å²) >= 11 is 0. The van der Waals surface area contributed by atoms with Gasteiger partial charge in [-0.05, 0) is 50.5 Å². The normalized spacial score (nSPS) is 24.8. The van der Waals surface area contributed by atoms with Crippen molar-refractivity contribution in [2.75, 3.05) is 26.7 Å². The van der Waals surface area contributed by atoms with Crippen molar-refractivity contribution >= 4 is 0 Å². The molecule has 2 rings (SSSR count). The Labute approximate surface area is 127 Å². The van der Waals surface area contributed by atoms with E-state index in [0.717, 1.165) is 42.9 Å². The summed E-state index contributed by atoms with van der Waals surface area (Å²) in [7, 11) is 1.66. The van der Waals surface area contributed by atoms with Crippen molar-refractivity contribution in [3.63, 3.8) is 0 Å². The van der Waals surface area contributed by atoms with E-state index in [-0.39, 0.29) is 12.2 Å². The lowest BCUT2D eigenvalue weighted by Crippen LogP contribution is -2.45. The molecule has 1 saturated heterocycles. The molecule has 1 N–H and O–H groups in total. The summed E-state index contributed by atoms with van der Waals surface area (Å²) in [6, 6.07) is 5.84. The molecule has 3 unspecified atom stereocenters. The molecule has 1 aromatic carbocycles. The lowest BCUT2D eigenvalue weighted by Gasteiger charge is -2.35. The van der Waals surface area contributed by atoms with Crippen LogP contribution in [0.25, 0.3) is 0 Å². The van der Waals surface area contributed by atoms with Gasteiger partial charge in [0.25, 0.3) is 0 Å². The Morgan fingerprint density at radius 3 is 2.57 bits per heavy atom. The molecule has 0 spiro atoms. The highest BCUT2D eigenvalue weighted by Crippen LogP contribution is 2.25. The number of hydrogen-bond donors (Lipinski definition) is 1. The fraction of sp³-hybridized carbons (Fsp3) is 0.647. The number of methoxy groups -OCH3 is 1. The molecule has 1 aliphatic heterocycles. The van der Waals surface area contributed by atoms with E-state index >= 15 is 0 Å². The molecule has 4 nitrogen and oxygen atoms in total. The fourth-order valence-corrected chi connectivity index (χ4v) is 3.08. The first-order valence-corrected chi connectivity index (χ1v) is 7.70. The number of morpholine rings is 1. The van der Waals surface area contributed by atoms with Crippen molar-refractivity contribution in [2.45, 2.75) is 45.5 Å². The van der Waals surface area contributed by atoms with E-state index in [1.165, 1.54) is 0 Å². The Balaban J connectivity index is 1.91. The highest BCUT2D eigenvalue weighted by atomic mass is 16.5. The SMILES string of the molecule is COc1ccc(C(O)CCN2CC(C)OC(C)C2)c(C)c1. The van der Waals surface area contributed by atoms with Crippen molar-refractivity contribution in [3.8, 4) is 5.75 Å². The van der Waals surface area contributed by atoms with Gasteiger partial charge < -0.3 is 14.6 Å². The molecule has 0 radical (unpaired) electrons. The number of benzene rings is 1. The Hall–Kier alpha value is -1.10. The smallest absolute Gasteiger partial charge is 0.119 e. The molecule has 1 aliphatic rings. The van der Waals surface area contributed by atoms with E-state index in [1.54, 1.807) is 7.11 Å². The number of rotatable bonds is 5. The van der Waals surface area contributed by atoms with E-state index in [4.69, 9.17) is 9.47 Å². The van der Waals surface area contributed by atoms with Crippen molar-refractivity contribution in [2.24, 2.45) is 0 Å². The Kier molecular flexibility index (Phi) is 5.62. The van der Waals surface area contributed by atoms with Crippen molar-refractivity contribution in [1.82, 2.24) is 4.90 Å². The summed E-state index contributed by atoms with van der Waals surface area (Å²) < 4.78 is 10.9. The van der Waals surface area contributed by atoms with Gasteiger partial charge in [0.1, 0.15) is 5.75 Å². The Bertz CT molecular complexity index is 453. The zero-order chi connectivity index (χ0) is 15.4. The van der Waals surface area contributed by atoms with Crippen LogP contribution in [-0.2, 0) is 4.74 Å². The van der Waals surface area contributed by atoms with Gasteiger partial charge in [-0.3, -0.25) is 4.90 Å². The third kappa shape index (κ3) is 4.43. The van der Waals surface area contributed by atoms with Crippen LogP contribution in [0.15, 0.2) is 18.2 Å². The van der Waals surface area contributed by atoms with Crippen LogP contribution in [0, 0.1) is 6.92 Å². The van der Waals surface area contributed by atoms with Crippen LogP contribution in [0.2, 0.25) is 0 Å². The summed E-state index contributed by atoms with van der Waals surface area (Å²) in [5.41, 5.74) is 2.07. The molecule has 0 aromatic heterocycles. The Morgan fingerprint density at radius 2 is 2.00 bits per heavy atom. The summed E-state index contributed by atoms with van der Waals surface area (Å²) in [6.45, 7) is 9.00. The monoisotopic (exact) mass is 293 g/mol. The van der Waals surface area contributed by atoms with Crippen LogP contribution in [0.3, 0.4) is 0 Å².